The summed E-state index contributed by atoms with van der Waals surface area (Å²) in [5.41, 5.74) is 5.57. The van der Waals surface area contributed by atoms with Gasteiger partial charge in [0.1, 0.15) is 18.2 Å². The zero-order chi connectivity index (χ0) is 21.9. The Morgan fingerprint density at radius 2 is 1.56 bits per heavy atom. The van der Waals surface area contributed by atoms with Gasteiger partial charge in [0.2, 0.25) is 0 Å². The maximum absolute atomic E-state index is 13.5. The van der Waals surface area contributed by atoms with E-state index in [1.165, 1.54) is 17.7 Å². The summed E-state index contributed by atoms with van der Waals surface area (Å²) in [7, 11) is 0. The van der Waals surface area contributed by atoms with E-state index in [1.54, 1.807) is 0 Å². The molecule has 0 unspecified atom stereocenters. The number of halogens is 2. The van der Waals surface area contributed by atoms with Gasteiger partial charge in [0, 0.05) is 10.4 Å². The maximum Gasteiger partial charge on any atom is 0.123 e. The molecule has 0 N–H and O–H groups in total. The number of benzene rings is 4. The third kappa shape index (κ3) is 4.47. The maximum atomic E-state index is 13.5. The van der Waals surface area contributed by atoms with Crippen molar-refractivity contribution in [3.05, 3.63) is 135 Å². The third-order valence-electron chi connectivity index (χ3n) is 5.85. The van der Waals surface area contributed by atoms with Crippen molar-refractivity contribution in [1.29, 1.82) is 0 Å². The molecule has 0 aliphatic carbocycles. The molecule has 0 saturated heterocycles. The minimum Gasteiger partial charge on any atom is -0.489 e. The fraction of sp³-hybridized carbons (Fsp3) is 0.143. The molecule has 0 fully saturated rings. The van der Waals surface area contributed by atoms with E-state index in [1.807, 2.05) is 48.5 Å². The SMILES string of the molecule is Fc1ccc([C@H]2OCc3cc(OCc4ccccc4)ccc3[C@H]2c2ccc(Br)cc2)cc1. The first-order valence-corrected chi connectivity index (χ1v) is 11.4. The van der Waals surface area contributed by atoms with Gasteiger partial charge in [0.25, 0.3) is 0 Å². The summed E-state index contributed by atoms with van der Waals surface area (Å²) in [4.78, 5) is 0. The Morgan fingerprint density at radius 1 is 0.844 bits per heavy atom. The highest BCUT2D eigenvalue weighted by Crippen LogP contribution is 2.45. The van der Waals surface area contributed by atoms with Crippen LogP contribution < -0.4 is 4.74 Å². The van der Waals surface area contributed by atoms with Crippen LogP contribution in [0.25, 0.3) is 0 Å². The zero-order valence-electron chi connectivity index (χ0n) is 17.4. The standard InChI is InChI=1S/C28H22BrFO2/c29-23-10-6-20(7-11-23)27-26-15-14-25(31-17-19-4-2-1-3-5-19)16-22(26)18-32-28(27)21-8-12-24(30)13-9-21/h1-16,27-28H,17-18H2/t27-,28-/m1/s1. The topological polar surface area (TPSA) is 18.5 Å². The van der Waals surface area contributed by atoms with Crippen molar-refractivity contribution in [2.45, 2.75) is 25.2 Å². The van der Waals surface area contributed by atoms with Gasteiger partial charge in [-0.25, -0.2) is 4.39 Å². The van der Waals surface area contributed by atoms with E-state index in [-0.39, 0.29) is 17.8 Å². The Kier molecular flexibility index (Phi) is 6.06. The van der Waals surface area contributed by atoms with Crippen LogP contribution in [0.4, 0.5) is 4.39 Å². The summed E-state index contributed by atoms with van der Waals surface area (Å²) in [6, 6.07) is 31.3. The van der Waals surface area contributed by atoms with Gasteiger partial charge in [-0.1, -0.05) is 76.6 Å². The van der Waals surface area contributed by atoms with Crippen LogP contribution in [-0.2, 0) is 18.0 Å². The van der Waals surface area contributed by atoms with Crippen LogP contribution in [0.15, 0.2) is 102 Å². The highest BCUT2D eigenvalue weighted by molar-refractivity contribution is 9.10. The van der Waals surface area contributed by atoms with Crippen molar-refractivity contribution in [3.8, 4) is 5.75 Å². The molecule has 0 spiro atoms. The van der Waals surface area contributed by atoms with Crippen LogP contribution in [0.1, 0.15) is 39.8 Å². The smallest absolute Gasteiger partial charge is 0.123 e. The number of rotatable bonds is 5. The lowest BCUT2D eigenvalue weighted by atomic mass is 9.80. The van der Waals surface area contributed by atoms with E-state index in [9.17, 15) is 4.39 Å². The molecule has 1 heterocycles. The van der Waals surface area contributed by atoms with Crippen LogP contribution in [0, 0.1) is 5.82 Å². The summed E-state index contributed by atoms with van der Waals surface area (Å²) in [5.74, 6) is 0.580. The summed E-state index contributed by atoms with van der Waals surface area (Å²) in [6.07, 6.45) is -0.194. The van der Waals surface area contributed by atoms with E-state index in [0.29, 0.717) is 13.2 Å². The van der Waals surface area contributed by atoms with Crippen molar-refractivity contribution < 1.29 is 13.9 Å². The summed E-state index contributed by atoms with van der Waals surface area (Å²) >= 11 is 3.53. The van der Waals surface area contributed by atoms with Crippen LogP contribution in [0.3, 0.4) is 0 Å². The highest BCUT2D eigenvalue weighted by Gasteiger charge is 2.33. The molecule has 4 aromatic carbocycles. The van der Waals surface area contributed by atoms with Gasteiger partial charge in [0.05, 0.1) is 12.7 Å². The summed E-state index contributed by atoms with van der Waals surface area (Å²) in [5, 5.41) is 0. The highest BCUT2D eigenvalue weighted by atomic mass is 79.9. The lowest BCUT2D eigenvalue weighted by Gasteiger charge is -2.35. The van der Waals surface area contributed by atoms with E-state index in [4.69, 9.17) is 9.47 Å². The lowest BCUT2D eigenvalue weighted by Crippen LogP contribution is -2.22. The normalized spacial score (nSPS) is 17.6. The Balaban J connectivity index is 1.48. The Hall–Kier alpha value is -2.95. The Morgan fingerprint density at radius 3 is 2.31 bits per heavy atom. The van der Waals surface area contributed by atoms with Gasteiger partial charge in [-0.15, -0.1) is 0 Å². The molecule has 1 aliphatic rings. The van der Waals surface area contributed by atoms with Crippen LogP contribution in [0.5, 0.6) is 5.75 Å². The van der Waals surface area contributed by atoms with Gasteiger partial charge in [-0.3, -0.25) is 0 Å². The van der Waals surface area contributed by atoms with Crippen molar-refractivity contribution in [2.75, 3.05) is 0 Å². The number of hydrogen-bond donors (Lipinski definition) is 0. The van der Waals surface area contributed by atoms with Crippen molar-refractivity contribution in [1.82, 2.24) is 0 Å². The molecule has 0 amide bonds. The molecule has 0 saturated carbocycles. The van der Waals surface area contributed by atoms with E-state index in [2.05, 4.69) is 52.3 Å². The molecule has 2 atom stereocenters. The van der Waals surface area contributed by atoms with Crippen molar-refractivity contribution in [2.24, 2.45) is 0 Å². The first kappa shape index (κ1) is 20.9. The van der Waals surface area contributed by atoms with Gasteiger partial charge in [-0.05, 0) is 64.2 Å². The van der Waals surface area contributed by atoms with Crippen molar-refractivity contribution in [3.63, 3.8) is 0 Å². The molecular weight excluding hydrogens is 467 g/mol. The van der Waals surface area contributed by atoms with E-state index >= 15 is 0 Å². The third-order valence-corrected chi connectivity index (χ3v) is 6.38. The first-order valence-electron chi connectivity index (χ1n) is 10.6. The average Bonchev–Trinajstić information content (AvgIpc) is 2.84. The second-order valence-corrected chi connectivity index (χ2v) is 8.86. The van der Waals surface area contributed by atoms with Gasteiger partial charge in [0.15, 0.2) is 0 Å². The molecule has 1 aliphatic heterocycles. The largest absolute Gasteiger partial charge is 0.489 e. The summed E-state index contributed by atoms with van der Waals surface area (Å²) < 4.78 is 27.0. The van der Waals surface area contributed by atoms with Crippen LogP contribution >= 0.6 is 15.9 Å². The zero-order valence-corrected chi connectivity index (χ0v) is 19.0. The molecule has 0 radical (unpaired) electrons. The number of hydrogen-bond acceptors (Lipinski definition) is 2. The van der Waals surface area contributed by atoms with Crippen molar-refractivity contribution >= 4 is 15.9 Å². The van der Waals surface area contributed by atoms with Gasteiger partial charge in [-0.2, -0.15) is 0 Å². The van der Waals surface area contributed by atoms with Crippen LogP contribution in [0.2, 0.25) is 0 Å². The second-order valence-electron chi connectivity index (χ2n) is 7.95. The molecular formula is C28H22BrFO2. The van der Waals surface area contributed by atoms with E-state index in [0.717, 1.165) is 32.5 Å². The molecule has 160 valence electrons. The molecule has 2 nitrogen and oxygen atoms in total. The monoisotopic (exact) mass is 488 g/mol. The fourth-order valence-electron chi connectivity index (χ4n) is 4.25. The molecule has 32 heavy (non-hydrogen) atoms. The summed E-state index contributed by atoms with van der Waals surface area (Å²) in [6.45, 7) is 1.00. The van der Waals surface area contributed by atoms with Crippen LogP contribution in [-0.4, -0.2) is 0 Å². The van der Waals surface area contributed by atoms with Gasteiger partial charge >= 0.3 is 0 Å². The molecule has 4 aromatic rings. The average molecular weight is 489 g/mol. The molecule has 4 heteroatoms. The minimum atomic E-state index is -0.245. The van der Waals surface area contributed by atoms with E-state index < -0.39 is 0 Å². The predicted octanol–water partition coefficient (Wildman–Crippen LogP) is 7.57. The minimum absolute atomic E-state index is 0.000449. The molecule has 0 bridgehead atoms. The Labute approximate surface area is 195 Å². The lowest BCUT2D eigenvalue weighted by molar-refractivity contribution is 0.0147. The predicted molar refractivity (Wildman–Crippen MR) is 127 cm³/mol. The first-order chi connectivity index (χ1) is 15.7. The molecule has 0 aromatic heterocycles. The molecule has 5 rings (SSSR count). The fourth-order valence-corrected chi connectivity index (χ4v) is 4.51. The quantitative estimate of drug-likeness (QED) is 0.288. The second kappa shape index (κ2) is 9.27. The Bertz CT molecular complexity index is 1190. The van der Waals surface area contributed by atoms with Gasteiger partial charge < -0.3 is 9.47 Å². The number of ether oxygens (including phenoxy) is 2. The number of fused-ring (bicyclic) bond motifs is 1.